The largest absolute Gasteiger partial charge is 0.303 e. The second-order valence-electron chi connectivity index (χ2n) is 5.29. The van der Waals surface area contributed by atoms with E-state index in [4.69, 9.17) is 0 Å². The van der Waals surface area contributed by atoms with E-state index in [1.54, 1.807) is 12.1 Å². The highest BCUT2D eigenvalue weighted by Crippen LogP contribution is 2.23. The number of carbonyl (C=O) groups excluding carboxylic acids is 1. The quantitative estimate of drug-likeness (QED) is 0.507. The number of nitrogens with one attached hydrogen (secondary N) is 1. The van der Waals surface area contributed by atoms with Crippen LogP contribution in [0.4, 0.5) is 5.69 Å². The third kappa shape index (κ3) is 4.51. The van der Waals surface area contributed by atoms with Crippen LogP contribution in [0.5, 0.6) is 0 Å². The van der Waals surface area contributed by atoms with Crippen LogP contribution in [0.3, 0.4) is 0 Å². The number of rotatable bonds is 5. The number of hydrogen-bond acceptors (Lipinski definition) is 6. The molecule has 7 nitrogen and oxygen atoms in total. The lowest BCUT2D eigenvalue weighted by molar-refractivity contribution is -0.384. The Morgan fingerprint density at radius 3 is 2.76 bits per heavy atom. The number of thioether (sulfide) groups is 1. The monoisotopic (exact) mass is 354 g/mol. The fourth-order valence-corrected chi connectivity index (χ4v) is 3.25. The number of nitro groups is 1. The molecule has 2 aromatic carbocycles. The molecule has 8 heteroatoms. The summed E-state index contributed by atoms with van der Waals surface area (Å²) in [4.78, 5) is 22.3. The van der Waals surface area contributed by atoms with Crippen molar-refractivity contribution in [2.75, 3.05) is 0 Å². The average molecular weight is 354 g/mol. The number of hydrogen-bond donors (Lipinski definition) is 1. The minimum absolute atomic E-state index is 0.0110. The Balaban J connectivity index is 1.64. The lowest BCUT2D eigenvalue weighted by Gasteiger charge is -2.04. The third-order valence-electron chi connectivity index (χ3n) is 3.48. The summed E-state index contributed by atoms with van der Waals surface area (Å²) in [7, 11) is 0. The molecule has 0 radical (unpaired) electrons. The number of nitro benzene ring substituents is 1. The van der Waals surface area contributed by atoms with Gasteiger partial charge in [-0.2, -0.15) is 5.10 Å². The summed E-state index contributed by atoms with van der Waals surface area (Å²) in [5.74, 6) is -0.0989. The van der Waals surface area contributed by atoms with Crippen LogP contribution in [-0.2, 0) is 11.2 Å². The zero-order valence-corrected chi connectivity index (χ0v) is 13.8. The molecule has 0 aliphatic carbocycles. The zero-order chi connectivity index (χ0) is 17.6. The molecule has 0 unspecified atom stereocenters. The minimum atomic E-state index is -0.468. The number of amidine groups is 1. The maximum absolute atomic E-state index is 12.0. The molecule has 2 aromatic rings. The second-order valence-corrected chi connectivity index (χ2v) is 6.48. The van der Waals surface area contributed by atoms with Crippen molar-refractivity contribution >= 4 is 34.7 Å². The molecule has 3 rings (SSSR count). The van der Waals surface area contributed by atoms with Crippen LogP contribution in [0.1, 0.15) is 11.1 Å². The molecule has 1 atom stereocenters. The van der Waals surface area contributed by atoms with Crippen LogP contribution < -0.4 is 5.32 Å². The van der Waals surface area contributed by atoms with E-state index in [9.17, 15) is 14.9 Å². The Morgan fingerprint density at radius 1 is 1.20 bits per heavy atom. The van der Waals surface area contributed by atoms with Gasteiger partial charge in [0, 0.05) is 17.7 Å². The predicted molar refractivity (Wildman–Crippen MR) is 97.8 cm³/mol. The van der Waals surface area contributed by atoms with Crippen molar-refractivity contribution in [3.63, 3.8) is 0 Å². The lowest BCUT2D eigenvalue weighted by Crippen LogP contribution is -2.25. The third-order valence-corrected chi connectivity index (χ3v) is 4.55. The standard InChI is InChI=1S/C17H14N4O3S/c22-16-15(10-12-5-2-1-3-6-12)25-17(19-16)20-18-11-13-7-4-8-14(9-13)21(23)24/h1-9,11,15H,10H2,(H,19,20,22)/b18-11-/t15-/m0/s1. The fraction of sp³-hybridized carbons (Fsp3) is 0.118. The second kappa shape index (κ2) is 7.71. The van der Waals surface area contributed by atoms with Gasteiger partial charge in [-0.3, -0.25) is 14.9 Å². The lowest BCUT2D eigenvalue weighted by atomic mass is 10.1. The normalized spacial score (nSPS) is 18.6. The summed E-state index contributed by atoms with van der Waals surface area (Å²) >= 11 is 1.32. The fourth-order valence-electron chi connectivity index (χ4n) is 2.28. The van der Waals surface area contributed by atoms with Crippen LogP contribution in [0.25, 0.3) is 0 Å². The summed E-state index contributed by atoms with van der Waals surface area (Å²) in [6.45, 7) is 0. The molecule has 1 fully saturated rings. The first-order valence-corrected chi connectivity index (χ1v) is 8.37. The Hall–Kier alpha value is -3.00. The van der Waals surface area contributed by atoms with Crippen LogP contribution >= 0.6 is 11.8 Å². The molecule has 1 aliphatic heterocycles. The van der Waals surface area contributed by atoms with Crippen molar-refractivity contribution < 1.29 is 9.72 Å². The molecule has 0 saturated carbocycles. The van der Waals surface area contributed by atoms with E-state index in [2.05, 4.69) is 15.5 Å². The molecular weight excluding hydrogens is 340 g/mol. The van der Waals surface area contributed by atoms with Crippen molar-refractivity contribution in [2.24, 2.45) is 10.2 Å². The minimum Gasteiger partial charge on any atom is -0.303 e. The first-order valence-electron chi connectivity index (χ1n) is 7.49. The molecule has 1 aliphatic rings. The van der Waals surface area contributed by atoms with Crippen molar-refractivity contribution in [3.8, 4) is 0 Å². The Bertz CT molecular complexity index is 852. The van der Waals surface area contributed by atoms with Gasteiger partial charge in [0.2, 0.25) is 5.91 Å². The number of nitrogens with zero attached hydrogens (tertiary/aromatic N) is 3. The summed E-state index contributed by atoms with van der Waals surface area (Å²) in [5.41, 5.74) is 1.63. The van der Waals surface area contributed by atoms with Gasteiger partial charge in [-0.05, 0) is 12.0 Å². The Labute approximate surface area is 148 Å². The maximum atomic E-state index is 12.0. The predicted octanol–water partition coefficient (Wildman–Crippen LogP) is 2.76. The van der Waals surface area contributed by atoms with Crippen LogP contribution in [0.15, 0.2) is 64.8 Å². The molecule has 1 amide bonds. The highest BCUT2D eigenvalue weighted by molar-refractivity contribution is 8.15. The SMILES string of the molecule is O=C1N/C(=N\N=C/c2cccc([N+](=O)[O-])c2)S[C@H]1Cc1ccccc1. The number of benzene rings is 2. The van der Waals surface area contributed by atoms with Gasteiger partial charge in [-0.1, -0.05) is 54.2 Å². The smallest absolute Gasteiger partial charge is 0.270 e. The van der Waals surface area contributed by atoms with E-state index in [-0.39, 0.29) is 16.8 Å². The van der Waals surface area contributed by atoms with Gasteiger partial charge in [-0.25, -0.2) is 0 Å². The number of amides is 1. The van der Waals surface area contributed by atoms with Gasteiger partial charge < -0.3 is 5.32 Å². The molecule has 1 N–H and O–H groups in total. The molecule has 0 aromatic heterocycles. The van der Waals surface area contributed by atoms with Crippen LogP contribution in [0, 0.1) is 10.1 Å². The number of carbonyl (C=O) groups is 1. The van der Waals surface area contributed by atoms with Crippen molar-refractivity contribution in [3.05, 3.63) is 75.8 Å². The Kier molecular flexibility index (Phi) is 5.20. The molecule has 0 bridgehead atoms. The van der Waals surface area contributed by atoms with Crippen LogP contribution in [-0.4, -0.2) is 27.5 Å². The molecule has 1 saturated heterocycles. The van der Waals surface area contributed by atoms with Gasteiger partial charge in [0.25, 0.3) is 5.69 Å². The first kappa shape index (κ1) is 16.8. The molecule has 0 spiro atoms. The van der Waals surface area contributed by atoms with E-state index in [1.807, 2.05) is 30.3 Å². The molecule has 1 heterocycles. The van der Waals surface area contributed by atoms with Crippen molar-refractivity contribution in [1.29, 1.82) is 0 Å². The maximum Gasteiger partial charge on any atom is 0.270 e. The summed E-state index contributed by atoms with van der Waals surface area (Å²) in [6, 6.07) is 15.8. The van der Waals surface area contributed by atoms with Gasteiger partial charge in [0.1, 0.15) is 0 Å². The van der Waals surface area contributed by atoms with Gasteiger partial charge >= 0.3 is 0 Å². The van der Waals surface area contributed by atoms with E-state index in [0.29, 0.717) is 17.2 Å². The van der Waals surface area contributed by atoms with E-state index in [1.165, 1.54) is 30.1 Å². The van der Waals surface area contributed by atoms with Gasteiger partial charge in [0.05, 0.1) is 16.4 Å². The topological polar surface area (TPSA) is 97.0 Å². The van der Waals surface area contributed by atoms with Crippen LogP contribution in [0.2, 0.25) is 0 Å². The molecular formula is C17H14N4O3S. The van der Waals surface area contributed by atoms with Gasteiger partial charge in [-0.15, -0.1) is 5.10 Å². The Morgan fingerprint density at radius 2 is 2.00 bits per heavy atom. The summed E-state index contributed by atoms with van der Waals surface area (Å²) < 4.78 is 0. The highest BCUT2D eigenvalue weighted by Gasteiger charge is 2.30. The zero-order valence-electron chi connectivity index (χ0n) is 13.0. The van der Waals surface area contributed by atoms with Crippen molar-refractivity contribution in [1.82, 2.24) is 5.32 Å². The molecule has 25 heavy (non-hydrogen) atoms. The summed E-state index contributed by atoms with van der Waals surface area (Å²) in [6.07, 6.45) is 2.03. The highest BCUT2D eigenvalue weighted by atomic mass is 32.2. The average Bonchev–Trinajstić information content (AvgIpc) is 2.95. The van der Waals surface area contributed by atoms with E-state index < -0.39 is 4.92 Å². The van der Waals surface area contributed by atoms with E-state index >= 15 is 0 Å². The van der Waals surface area contributed by atoms with E-state index in [0.717, 1.165) is 5.56 Å². The van der Waals surface area contributed by atoms with Crippen molar-refractivity contribution in [2.45, 2.75) is 11.7 Å². The molecule has 126 valence electrons. The number of non-ortho nitro benzene ring substituents is 1. The summed E-state index contributed by atoms with van der Waals surface area (Å²) in [5, 5.41) is 21.5. The van der Waals surface area contributed by atoms with Gasteiger partial charge in [0.15, 0.2) is 5.17 Å². The first-order chi connectivity index (χ1) is 12.1.